The third-order valence-corrected chi connectivity index (χ3v) is 4.60. The van der Waals surface area contributed by atoms with E-state index in [4.69, 9.17) is 4.74 Å². The molecule has 23 heavy (non-hydrogen) atoms. The molecule has 1 amide bonds. The summed E-state index contributed by atoms with van der Waals surface area (Å²) in [5, 5.41) is 0. The lowest BCUT2D eigenvalue weighted by atomic mass is 9.98. The summed E-state index contributed by atoms with van der Waals surface area (Å²) in [6.07, 6.45) is 1.97. The van der Waals surface area contributed by atoms with Gasteiger partial charge in [0.05, 0.1) is 0 Å². The van der Waals surface area contributed by atoms with E-state index in [0.29, 0.717) is 5.92 Å². The standard InChI is InChI=1S/C20H23NO2/c1-3-15(2)17-9-5-7-11-19(17)23-14-20(22)21-13-12-16-8-4-6-10-18(16)21/h4-11,15H,3,12-14H2,1-2H3. The average molecular weight is 309 g/mol. The third-order valence-electron chi connectivity index (χ3n) is 4.60. The molecule has 3 heteroatoms. The normalized spacial score (nSPS) is 14.4. The Hall–Kier alpha value is -2.29. The highest BCUT2D eigenvalue weighted by Gasteiger charge is 2.24. The molecule has 0 aliphatic carbocycles. The number of amides is 1. The van der Waals surface area contributed by atoms with E-state index in [1.165, 1.54) is 11.1 Å². The van der Waals surface area contributed by atoms with Gasteiger partial charge in [0.1, 0.15) is 5.75 Å². The van der Waals surface area contributed by atoms with E-state index < -0.39 is 0 Å². The van der Waals surface area contributed by atoms with Gasteiger partial charge in [-0.15, -0.1) is 0 Å². The van der Waals surface area contributed by atoms with Crippen molar-refractivity contribution in [3.05, 3.63) is 59.7 Å². The highest BCUT2D eigenvalue weighted by Crippen LogP contribution is 2.30. The van der Waals surface area contributed by atoms with Gasteiger partial charge in [0, 0.05) is 12.2 Å². The highest BCUT2D eigenvalue weighted by molar-refractivity contribution is 5.96. The number of carbonyl (C=O) groups is 1. The van der Waals surface area contributed by atoms with Gasteiger partial charge in [-0.05, 0) is 42.0 Å². The van der Waals surface area contributed by atoms with Crippen LogP contribution in [0, 0.1) is 0 Å². The summed E-state index contributed by atoms with van der Waals surface area (Å²) in [4.78, 5) is 14.4. The van der Waals surface area contributed by atoms with Gasteiger partial charge in [-0.25, -0.2) is 0 Å². The van der Waals surface area contributed by atoms with Crippen LogP contribution in [0.3, 0.4) is 0 Å². The van der Waals surface area contributed by atoms with Crippen molar-refractivity contribution in [2.75, 3.05) is 18.1 Å². The first kappa shape index (κ1) is 15.6. The Morgan fingerprint density at radius 1 is 1.17 bits per heavy atom. The molecule has 0 N–H and O–H groups in total. The number of carbonyl (C=O) groups excluding carboxylic acids is 1. The zero-order chi connectivity index (χ0) is 16.2. The van der Waals surface area contributed by atoms with Crippen LogP contribution in [0.4, 0.5) is 5.69 Å². The molecule has 0 radical (unpaired) electrons. The van der Waals surface area contributed by atoms with Crippen LogP contribution in [0.15, 0.2) is 48.5 Å². The third kappa shape index (κ3) is 3.24. The maximum absolute atomic E-state index is 12.5. The first-order valence-corrected chi connectivity index (χ1v) is 8.30. The van der Waals surface area contributed by atoms with E-state index in [-0.39, 0.29) is 12.5 Å². The second-order valence-electron chi connectivity index (χ2n) is 6.06. The summed E-state index contributed by atoms with van der Waals surface area (Å²) >= 11 is 0. The van der Waals surface area contributed by atoms with Crippen molar-refractivity contribution in [2.45, 2.75) is 32.6 Å². The van der Waals surface area contributed by atoms with Crippen LogP contribution < -0.4 is 9.64 Å². The molecule has 1 heterocycles. The summed E-state index contributed by atoms with van der Waals surface area (Å²) in [6.45, 7) is 5.17. The predicted molar refractivity (Wildman–Crippen MR) is 93.1 cm³/mol. The van der Waals surface area contributed by atoms with E-state index in [9.17, 15) is 4.79 Å². The van der Waals surface area contributed by atoms with Crippen LogP contribution in [0.25, 0.3) is 0 Å². The summed E-state index contributed by atoms with van der Waals surface area (Å²) in [7, 11) is 0. The second-order valence-corrected chi connectivity index (χ2v) is 6.06. The van der Waals surface area contributed by atoms with Crippen LogP contribution in [-0.4, -0.2) is 19.1 Å². The minimum Gasteiger partial charge on any atom is -0.483 e. The maximum Gasteiger partial charge on any atom is 0.264 e. The van der Waals surface area contributed by atoms with Crippen molar-refractivity contribution in [3.8, 4) is 5.75 Å². The van der Waals surface area contributed by atoms with Gasteiger partial charge in [-0.3, -0.25) is 4.79 Å². The van der Waals surface area contributed by atoms with Crippen molar-refractivity contribution < 1.29 is 9.53 Å². The van der Waals surface area contributed by atoms with Gasteiger partial charge < -0.3 is 9.64 Å². The molecule has 1 unspecified atom stereocenters. The monoisotopic (exact) mass is 309 g/mol. The number of fused-ring (bicyclic) bond motifs is 1. The summed E-state index contributed by atoms with van der Waals surface area (Å²) < 4.78 is 5.86. The lowest BCUT2D eigenvalue weighted by Crippen LogP contribution is -2.33. The molecule has 3 nitrogen and oxygen atoms in total. The highest BCUT2D eigenvalue weighted by atomic mass is 16.5. The zero-order valence-corrected chi connectivity index (χ0v) is 13.8. The van der Waals surface area contributed by atoms with Crippen molar-refractivity contribution >= 4 is 11.6 Å². The average Bonchev–Trinajstić information content (AvgIpc) is 3.03. The van der Waals surface area contributed by atoms with Crippen LogP contribution >= 0.6 is 0 Å². The molecule has 1 atom stereocenters. The topological polar surface area (TPSA) is 29.5 Å². The van der Waals surface area contributed by atoms with E-state index in [1.54, 1.807) is 0 Å². The van der Waals surface area contributed by atoms with Crippen molar-refractivity contribution in [1.29, 1.82) is 0 Å². The molecule has 0 spiro atoms. The second kappa shape index (κ2) is 6.86. The minimum atomic E-state index is 0.0221. The number of hydrogen-bond donors (Lipinski definition) is 0. The molecule has 3 rings (SSSR count). The molecule has 0 saturated heterocycles. The van der Waals surface area contributed by atoms with E-state index in [2.05, 4.69) is 26.0 Å². The van der Waals surface area contributed by atoms with Gasteiger partial charge in [-0.2, -0.15) is 0 Å². The summed E-state index contributed by atoms with van der Waals surface area (Å²) in [5.74, 6) is 1.27. The van der Waals surface area contributed by atoms with Crippen molar-refractivity contribution in [2.24, 2.45) is 0 Å². The maximum atomic E-state index is 12.5. The molecule has 0 bridgehead atoms. The van der Waals surface area contributed by atoms with Gasteiger partial charge in [0.2, 0.25) is 0 Å². The first-order chi connectivity index (χ1) is 11.2. The Labute approximate surface area is 137 Å². The number of anilines is 1. The molecule has 0 aromatic heterocycles. The van der Waals surface area contributed by atoms with Crippen molar-refractivity contribution in [3.63, 3.8) is 0 Å². The van der Waals surface area contributed by atoms with E-state index in [1.807, 2.05) is 41.3 Å². The lowest BCUT2D eigenvalue weighted by molar-refractivity contribution is -0.120. The number of para-hydroxylation sites is 2. The fourth-order valence-corrected chi connectivity index (χ4v) is 3.05. The largest absolute Gasteiger partial charge is 0.483 e. The zero-order valence-electron chi connectivity index (χ0n) is 13.8. The number of rotatable bonds is 5. The molecule has 0 fully saturated rings. The molecule has 0 saturated carbocycles. The number of nitrogens with zero attached hydrogens (tertiary/aromatic N) is 1. The first-order valence-electron chi connectivity index (χ1n) is 8.30. The molecule has 2 aromatic rings. The molecular formula is C20H23NO2. The molecule has 2 aromatic carbocycles. The van der Waals surface area contributed by atoms with Crippen molar-refractivity contribution in [1.82, 2.24) is 0 Å². The fourth-order valence-electron chi connectivity index (χ4n) is 3.05. The Kier molecular flexibility index (Phi) is 4.65. The predicted octanol–water partition coefficient (Wildman–Crippen LogP) is 4.17. The minimum absolute atomic E-state index is 0.0221. The van der Waals surface area contributed by atoms with Gasteiger partial charge in [0.15, 0.2) is 6.61 Å². The van der Waals surface area contributed by atoms with Gasteiger partial charge >= 0.3 is 0 Å². The Bertz CT molecular complexity index is 696. The smallest absolute Gasteiger partial charge is 0.264 e. The van der Waals surface area contributed by atoms with Gasteiger partial charge in [0.25, 0.3) is 5.91 Å². The van der Waals surface area contributed by atoms with Crippen LogP contribution in [-0.2, 0) is 11.2 Å². The Morgan fingerprint density at radius 2 is 1.91 bits per heavy atom. The fraction of sp³-hybridized carbons (Fsp3) is 0.350. The van der Waals surface area contributed by atoms with Crippen LogP contribution in [0.1, 0.15) is 37.3 Å². The quantitative estimate of drug-likeness (QED) is 0.829. The number of benzene rings is 2. The lowest BCUT2D eigenvalue weighted by Gasteiger charge is -2.19. The number of ether oxygens (including phenoxy) is 1. The SMILES string of the molecule is CCC(C)c1ccccc1OCC(=O)N1CCc2ccccc21. The Balaban J connectivity index is 1.69. The summed E-state index contributed by atoms with van der Waals surface area (Å²) in [5.41, 5.74) is 3.43. The summed E-state index contributed by atoms with van der Waals surface area (Å²) in [6, 6.07) is 16.1. The van der Waals surface area contributed by atoms with Crippen LogP contribution in [0.2, 0.25) is 0 Å². The molecular weight excluding hydrogens is 286 g/mol. The van der Waals surface area contributed by atoms with E-state index >= 15 is 0 Å². The Morgan fingerprint density at radius 3 is 2.74 bits per heavy atom. The molecule has 120 valence electrons. The number of hydrogen-bond acceptors (Lipinski definition) is 2. The van der Waals surface area contributed by atoms with Crippen LogP contribution in [0.5, 0.6) is 5.75 Å². The van der Waals surface area contributed by atoms with E-state index in [0.717, 1.165) is 30.8 Å². The van der Waals surface area contributed by atoms with Gasteiger partial charge in [-0.1, -0.05) is 50.2 Å². The molecule has 1 aliphatic rings. The molecule has 1 aliphatic heterocycles.